The first-order valence-corrected chi connectivity index (χ1v) is 5.87. The molecule has 3 nitrogen and oxygen atoms in total. The van der Waals surface area contributed by atoms with Crippen LogP contribution in [0.25, 0.3) is 0 Å². The fourth-order valence-electron chi connectivity index (χ4n) is 0.881. The second kappa shape index (κ2) is 6.66. The molecule has 0 atom stereocenters. The monoisotopic (exact) mass is 237 g/mol. The first-order valence-electron chi connectivity index (χ1n) is 4.47. The molecule has 79 valence electrons. The summed E-state index contributed by atoms with van der Waals surface area (Å²) in [4.78, 5) is 0.209. The Balaban J connectivity index is 0.00000196. The molecule has 0 spiro atoms. The van der Waals surface area contributed by atoms with Crippen molar-refractivity contribution in [2.75, 3.05) is 6.61 Å². The average molecular weight is 237 g/mol. The minimum absolute atomic E-state index is 0. The smallest absolute Gasteiger partial charge is 0.266 e. The zero-order valence-corrected chi connectivity index (χ0v) is 12.1. The molecule has 0 amide bonds. The van der Waals surface area contributed by atoms with Gasteiger partial charge in [-0.05, 0) is 18.1 Å². The summed E-state index contributed by atoms with van der Waals surface area (Å²) in [5.74, 6) is 0.202. The third-order valence-electron chi connectivity index (χ3n) is 1.59. The maximum atomic E-state index is 11.5. The molecule has 0 unspecified atom stereocenters. The summed E-state index contributed by atoms with van der Waals surface area (Å²) in [5, 5.41) is 0. The summed E-state index contributed by atoms with van der Waals surface area (Å²) < 4.78 is 27.9. The van der Waals surface area contributed by atoms with Gasteiger partial charge in [0, 0.05) is 29.6 Å². The summed E-state index contributed by atoms with van der Waals surface area (Å²) in [6.45, 7) is 4.03. The SMILES string of the molecule is CC(C)COS(=O)(=O)c1ccccc1.[Na]. The van der Waals surface area contributed by atoms with Crippen molar-refractivity contribution >= 4 is 39.7 Å². The van der Waals surface area contributed by atoms with E-state index in [9.17, 15) is 8.42 Å². The van der Waals surface area contributed by atoms with Crippen molar-refractivity contribution in [1.82, 2.24) is 0 Å². The van der Waals surface area contributed by atoms with E-state index in [0.717, 1.165) is 0 Å². The summed E-state index contributed by atoms with van der Waals surface area (Å²) >= 11 is 0. The molecular weight excluding hydrogens is 223 g/mol. The molecule has 0 N–H and O–H groups in total. The Bertz CT molecular complexity index is 373. The van der Waals surface area contributed by atoms with Crippen molar-refractivity contribution in [3.8, 4) is 0 Å². The van der Waals surface area contributed by atoms with Gasteiger partial charge in [0.2, 0.25) is 0 Å². The topological polar surface area (TPSA) is 43.4 Å². The van der Waals surface area contributed by atoms with Crippen LogP contribution >= 0.6 is 0 Å². The minimum atomic E-state index is -3.56. The van der Waals surface area contributed by atoms with Crippen molar-refractivity contribution in [1.29, 1.82) is 0 Å². The third-order valence-corrected chi connectivity index (χ3v) is 2.88. The number of benzene rings is 1. The van der Waals surface area contributed by atoms with E-state index in [4.69, 9.17) is 4.18 Å². The van der Waals surface area contributed by atoms with Crippen molar-refractivity contribution in [2.24, 2.45) is 5.92 Å². The van der Waals surface area contributed by atoms with Crippen LogP contribution in [0.4, 0.5) is 0 Å². The molecule has 0 aliphatic carbocycles. The molecule has 0 saturated carbocycles. The van der Waals surface area contributed by atoms with E-state index in [-0.39, 0.29) is 47.0 Å². The molecule has 5 heteroatoms. The van der Waals surface area contributed by atoms with Crippen LogP contribution in [0.15, 0.2) is 35.2 Å². The summed E-state index contributed by atoms with van der Waals surface area (Å²) in [7, 11) is -3.56. The minimum Gasteiger partial charge on any atom is -0.266 e. The van der Waals surface area contributed by atoms with Crippen LogP contribution in [0.3, 0.4) is 0 Å². The van der Waals surface area contributed by atoms with Crippen LogP contribution in [-0.2, 0) is 14.3 Å². The zero-order chi connectivity index (χ0) is 10.6. The largest absolute Gasteiger partial charge is 0.296 e. The van der Waals surface area contributed by atoms with Crippen molar-refractivity contribution in [3.05, 3.63) is 30.3 Å². The fourth-order valence-corrected chi connectivity index (χ4v) is 1.96. The van der Waals surface area contributed by atoms with E-state index in [1.54, 1.807) is 18.2 Å². The van der Waals surface area contributed by atoms with Gasteiger partial charge in [-0.25, -0.2) is 0 Å². The molecule has 0 aliphatic heterocycles. The van der Waals surface area contributed by atoms with Gasteiger partial charge in [-0.1, -0.05) is 32.0 Å². The van der Waals surface area contributed by atoms with Gasteiger partial charge in [-0.15, -0.1) is 0 Å². The van der Waals surface area contributed by atoms with Gasteiger partial charge in [-0.2, -0.15) is 8.42 Å². The van der Waals surface area contributed by atoms with E-state index in [0.29, 0.717) is 0 Å². The number of hydrogen-bond acceptors (Lipinski definition) is 3. The first kappa shape index (κ1) is 15.1. The predicted octanol–water partition coefficient (Wildman–Crippen LogP) is 1.67. The van der Waals surface area contributed by atoms with E-state index >= 15 is 0 Å². The van der Waals surface area contributed by atoms with Gasteiger partial charge in [-0.3, -0.25) is 4.18 Å². The van der Waals surface area contributed by atoms with Gasteiger partial charge in [0.15, 0.2) is 0 Å². The van der Waals surface area contributed by atoms with E-state index in [2.05, 4.69) is 0 Å². The van der Waals surface area contributed by atoms with Crippen LogP contribution in [0.1, 0.15) is 13.8 Å². The molecule has 1 rings (SSSR count). The van der Waals surface area contributed by atoms with Gasteiger partial charge in [0.1, 0.15) is 0 Å². The number of rotatable bonds is 4. The Kier molecular flexibility index (Phi) is 6.71. The van der Waals surface area contributed by atoms with Crippen molar-refractivity contribution in [3.63, 3.8) is 0 Å². The molecule has 0 aromatic heterocycles. The molecule has 15 heavy (non-hydrogen) atoms. The van der Waals surface area contributed by atoms with Crippen LogP contribution in [-0.4, -0.2) is 44.6 Å². The maximum Gasteiger partial charge on any atom is 0.296 e. The Morgan fingerprint density at radius 2 is 1.73 bits per heavy atom. The molecule has 0 aliphatic rings. The summed E-state index contributed by atoms with van der Waals surface area (Å²) in [6, 6.07) is 8.16. The summed E-state index contributed by atoms with van der Waals surface area (Å²) in [6.07, 6.45) is 0. The normalized spacial score (nSPS) is 11.1. The van der Waals surface area contributed by atoms with Gasteiger partial charge < -0.3 is 0 Å². The van der Waals surface area contributed by atoms with Crippen LogP contribution in [0, 0.1) is 5.92 Å². The third kappa shape index (κ3) is 5.13. The molecule has 0 saturated heterocycles. The van der Waals surface area contributed by atoms with Gasteiger partial charge in [0.25, 0.3) is 10.1 Å². The van der Waals surface area contributed by atoms with Crippen molar-refractivity contribution < 1.29 is 12.6 Å². The molecule has 1 aromatic carbocycles. The molecule has 0 bridgehead atoms. The van der Waals surface area contributed by atoms with Crippen LogP contribution < -0.4 is 0 Å². The van der Waals surface area contributed by atoms with Crippen LogP contribution in [0.5, 0.6) is 0 Å². The van der Waals surface area contributed by atoms with Crippen molar-refractivity contribution in [2.45, 2.75) is 18.7 Å². The molecular formula is C10H14NaO3S. The van der Waals surface area contributed by atoms with E-state index < -0.39 is 10.1 Å². The molecule has 0 fully saturated rings. The first-order chi connectivity index (χ1) is 6.52. The van der Waals surface area contributed by atoms with E-state index in [1.807, 2.05) is 13.8 Å². The maximum absolute atomic E-state index is 11.5. The predicted molar refractivity (Wildman–Crippen MR) is 60.2 cm³/mol. The average Bonchev–Trinajstić information content (AvgIpc) is 2.16. The second-order valence-electron chi connectivity index (χ2n) is 3.45. The van der Waals surface area contributed by atoms with E-state index in [1.165, 1.54) is 12.1 Å². The fraction of sp³-hybridized carbons (Fsp3) is 0.400. The molecule has 0 heterocycles. The Hall–Kier alpha value is 0.130. The summed E-state index contributed by atoms with van der Waals surface area (Å²) in [5.41, 5.74) is 0. The molecule has 1 radical (unpaired) electrons. The number of hydrogen-bond donors (Lipinski definition) is 0. The standard InChI is InChI=1S/C10H14O3S.Na/c1-9(2)8-13-14(11,12)10-6-4-3-5-7-10;/h3-7,9H,8H2,1-2H3;. The second-order valence-corrected chi connectivity index (χ2v) is 5.06. The zero-order valence-electron chi connectivity index (χ0n) is 9.30. The Morgan fingerprint density at radius 3 is 2.20 bits per heavy atom. The Morgan fingerprint density at radius 1 is 1.20 bits per heavy atom. The van der Waals surface area contributed by atoms with Crippen LogP contribution in [0.2, 0.25) is 0 Å². The Labute approximate surface area is 113 Å². The molecule has 1 aromatic rings. The quantitative estimate of drug-likeness (QED) is 0.591. The van der Waals surface area contributed by atoms with Gasteiger partial charge in [0.05, 0.1) is 11.5 Å². The van der Waals surface area contributed by atoms with Gasteiger partial charge >= 0.3 is 0 Å².